The van der Waals surface area contributed by atoms with Gasteiger partial charge in [-0.2, -0.15) is 0 Å². The maximum absolute atomic E-state index is 11.9. The Balaban J connectivity index is 2.18. The molecule has 0 radical (unpaired) electrons. The number of benzene rings is 1. The van der Waals surface area contributed by atoms with Gasteiger partial charge in [-0.1, -0.05) is 6.07 Å². The highest BCUT2D eigenvalue weighted by atomic mass is 79.9. The molecule has 4 heteroatoms. The Hall–Kier alpha value is -1.55. The van der Waals surface area contributed by atoms with Crippen molar-refractivity contribution in [1.29, 1.82) is 0 Å². The summed E-state index contributed by atoms with van der Waals surface area (Å²) in [6, 6.07) is 7.71. The third kappa shape index (κ3) is 2.97. The molecule has 3 nitrogen and oxygen atoms in total. The highest BCUT2D eigenvalue weighted by molar-refractivity contribution is 9.10. The molecule has 1 aromatic carbocycles. The molecule has 0 aliphatic rings. The molecule has 0 atom stereocenters. The lowest BCUT2D eigenvalue weighted by Crippen LogP contribution is -2.12. The van der Waals surface area contributed by atoms with Crippen LogP contribution >= 0.6 is 15.9 Å². The summed E-state index contributed by atoms with van der Waals surface area (Å²) < 4.78 is 0.864. The van der Waals surface area contributed by atoms with E-state index in [9.17, 15) is 4.79 Å². The average Bonchev–Trinajstić information content (AvgIpc) is 2.63. The van der Waals surface area contributed by atoms with Crippen LogP contribution in [-0.4, -0.2) is 10.9 Å². The smallest absolute Gasteiger partial charge is 0.272 e. The molecule has 2 N–H and O–H groups in total. The highest BCUT2D eigenvalue weighted by Gasteiger charge is 2.08. The molecule has 2 rings (SSSR count). The van der Waals surface area contributed by atoms with E-state index in [1.165, 1.54) is 0 Å². The van der Waals surface area contributed by atoms with Crippen molar-refractivity contribution in [2.75, 3.05) is 5.32 Å². The second-order valence-corrected chi connectivity index (χ2v) is 4.98. The number of carbonyl (C=O) groups is 1. The van der Waals surface area contributed by atoms with Gasteiger partial charge in [0.25, 0.3) is 5.91 Å². The van der Waals surface area contributed by atoms with E-state index in [-0.39, 0.29) is 5.91 Å². The number of amides is 1. The van der Waals surface area contributed by atoms with Crippen LogP contribution in [0.5, 0.6) is 0 Å². The topological polar surface area (TPSA) is 44.9 Å². The Morgan fingerprint density at radius 2 is 1.82 bits per heavy atom. The first kappa shape index (κ1) is 11.9. The Labute approximate surface area is 108 Å². The Bertz CT molecular complexity index is 540. The molecule has 2 aromatic rings. The van der Waals surface area contributed by atoms with E-state index >= 15 is 0 Å². The number of hydrogen-bond donors (Lipinski definition) is 2. The third-order valence-corrected chi connectivity index (χ3v) is 2.83. The summed E-state index contributed by atoms with van der Waals surface area (Å²) in [5, 5.41) is 2.86. The molecular formula is C13H13BrN2O. The Morgan fingerprint density at radius 3 is 2.35 bits per heavy atom. The molecule has 1 amide bonds. The zero-order valence-electron chi connectivity index (χ0n) is 9.67. The number of aromatic amines is 1. The quantitative estimate of drug-likeness (QED) is 0.872. The minimum atomic E-state index is -0.138. The van der Waals surface area contributed by atoms with E-state index in [1.807, 2.05) is 26.0 Å². The number of anilines is 1. The van der Waals surface area contributed by atoms with Crippen molar-refractivity contribution >= 4 is 27.5 Å². The van der Waals surface area contributed by atoms with Gasteiger partial charge in [0.1, 0.15) is 5.69 Å². The number of H-pyrrole nitrogens is 1. The molecule has 0 aliphatic heterocycles. The molecule has 0 saturated heterocycles. The molecule has 17 heavy (non-hydrogen) atoms. The number of nitrogens with one attached hydrogen (secondary N) is 2. The summed E-state index contributed by atoms with van der Waals surface area (Å²) in [6.07, 6.45) is 1.73. The van der Waals surface area contributed by atoms with Crippen molar-refractivity contribution in [3.8, 4) is 0 Å². The van der Waals surface area contributed by atoms with Crippen LogP contribution in [0, 0.1) is 13.8 Å². The lowest BCUT2D eigenvalue weighted by molar-refractivity contribution is 0.102. The standard InChI is InChI=1S/C13H13BrN2O/c1-8-3-9(2)5-11(4-8)16-13(17)12-6-10(14)7-15-12/h3-7,15H,1-2H3,(H,16,17). The lowest BCUT2D eigenvalue weighted by atomic mass is 10.1. The van der Waals surface area contributed by atoms with Crippen molar-refractivity contribution < 1.29 is 4.79 Å². The van der Waals surface area contributed by atoms with Crippen LogP contribution in [0.25, 0.3) is 0 Å². The Kier molecular flexibility index (Phi) is 3.33. The Morgan fingerprint density at radius 1 is 1.18 bits per heavy atom. The summed E-state index contributed by atoms with van der Waals surface area (Å²) >= 11 is 3.30. The van der Waals surface area contributed by atoms with Crippen molar-refractivity contribution in [3.63, 3.8) is 0 Å². The van der Waals surface area contributed by atoms with Crippen LogP contribution in [0.3, 0.4) is 0 Å². The summed E-state index contributed by atoms with van der Waals surface area (Å²) in [6.45, 7) is 4.02. The van der Waals surface area contributed by atoms with E-state index in [2.05, 4.69) is 32.3 Å². The molecule has 0 spiro atoms. The maximum atomic E-state index is 11.9. The van der Waals surface area contributed by atoms with Crippen molar-refractivity contribution in [1.82, 2.24) is 4.98 Å². The molecule has 0 fully saturated rings. The van der Waals surface area contributed by atoms with Crippen molar-refractivity contribution in [2.24, 2.45) is 0 Å². The van der Waals surface area contributed by atoms with Gasteiger partial charge in [-0.05, 0) is 59.1 Å². The molecule has 0 bridgehead atoms. The number of aryl methyl sites for hydroxylation is 2. The molecule has 0 aliphatic carbocycles. The van der Waals surface area contributed by atoms with Gasteiger partial charge in [-0.15, -0.1) is 0 Å². The number of aromatic nitrogens is 1. The van der Waals surface area contributed by atoms with Gasteiger partial charge < -0.3 is 10.3 Å². The van der Waals surface area contributed by atoms with Crippen molar-refractivity contribution in [3.05, 3.63) is 51.8 Å². The third-order valence-electron chi connectivity index (χ3n) is 2.37. The predicted octanol–water partition coefficient (Wildman–Crippen LogP) is 3.65. The van der Waals surface area contributed by atoms with Crippen LogP contribution in [0.4, 0.5) is 5.69 Å². The summed E-state index contributed by atoms with van der Waals surface area (Å²) in [5.74, 6) is -0.138. The van der Waals surface area contributed by atoms with Crippen LogP contribution in [0.1, 0.15) is 21.6 Å². The monoisotopic (exact) mass is 292 g/mol. The second-order valence-electron chi connectivity index (χ2n) is 4.06. The van der Waals surface area contributed by atoms with Gasteiger partial charge in [0.2, 0.25) is 0 Å². The predicted molar refractivity (Wildman–Crippen MR) is 72.4 cm³/mol. The minimum absolute atomic E-state index is 0.138. The van der Waals surface area contributed by atoms with E-state index in [0.29, 0.717) is 5.69 Å². The molecular weight excluding hydrogens is 280 g/mol. The first-order valence-electron chi connectivity index (χ1n) is 5.28. The number of rotatable bonds is 2. The average molecular weight is 293 g/mol. The van der Waals surface area contributed by atoms with Crippen LogP contribution in [0.15, 0.2) is 34.9 Å². The van der Waals surface area contributed by atoms with E-state index in [1.54, 1.807) is 12.3 Å². The molecule has 1 aromatic heterocycles. The zero-order chi connectivity index (χ0) is 12.4. The lowest BCUT2D eigenvalue weighted by Gasteiger charge is -2.06. The fourth-order valence-electron chi connectivity index (χ4n) is 1.74. The van der Waals surface area contributed by atoms with Gasteiger partial charge in [-0.3, -0.25) is 4.79 Å². The maximum Gasteiger partial charge on any atom is 0.272 e. The van der Waals surface area contributed by atoms with Crippen LogP contribution < -0.4 is 5.32 Å². The first-order valence-corrected chi connectivity index (χ1v) is 6.07. The van der Waals surface area contributed by atoms with Gasteiger partial charge in [0.05, 0.1) is 0 Å². The number of hydrogen-bond acceptors (Lipinski definition) is 1. The molecule has 0 unspecified atom stereocenters. The van der Waals surface area contributed by atoms with Crippen molar-refractivity contribution in [2.45, 2.75) is 13.8 Å². The van der Waals surface area contributed by atoms with Gasteiger partial charge in [0.15, 0.2) is 0 Å². The van der Waals surface area contributed by atoms with E-state index < -0.39 is 0 Å². The largest absolute Gasteiger partial charge is 0.356 e. The van der Waals surface area contributed by atoms with Gasteiger partial charge >= 0.3 is 0 Å². The van der Waals surface area contributed by atoms with Gasteiger partial charge in [0, 0.05) is 16.4 Å². The number of halogens is 1. The number of carbonyl (C=O) groups excluding carboxylic acids is 1. The fourth-order valence-corrected chi connectivity index (χ4v) is 2.09. The normalized spacial score (nSPS) is 10.3. The molecule has 1 heterocycles. The highest BCUT2D eigenvalue weighted by Crippen LogP contribution is 2.16. The zero-order valence-corrected chi connectivity index (χ0v) is 11.3. The summed E-state index contributed by atoms with van der Waals surface area (Å²) in [5.41, 5.74) is 3.62. The minimum Gasteiger partial charge on any atom is -0.356 e. The SMILES string of the molecule is Cc1cc(C)cc(NC(=O)c2cc(Br)c[nH]2)c1. The second kappa shape index (κ2) is 4.75. The first-order chi connectivity index (χ1) is 8.04. The molecule has 88 valence electrons. The summed E-state index contributed by atoms with van der Waals surface area (Å²) in [4.78, 5) is 14.8. The van der Waals surface area contributed by atoms with Gasteiger partial charge in [-0.25, -0.2) is 0 Å². The molecule has 0 saturated carbocycles. The van der Waals surface area contributed by atoms with Crippen LogP contribution in [-0.2, 0) is 0 Å². The fraction of sp³-hybridized carbons (Fsp3) is 0.154. The van der Waals surface area contributed by atoms with E-state index in [4.69, 9.17) is 0 Å². The van der Waals surface area contributed by atoms with E-state index in [0.717, 1.165) is 21.3 Å². The summed E-state index contributed by atoms with van der Waals surface area (Å²) in [7, 11) is 0. The van der Waals surface area contributed by atoms with Crippen LogP contribution in [0.2, 0.25) is 0 Å².